The van der Waals surface area contributed by atoms with Gasteiger partial charge in [0.25, 0.3) is 5.91 Å². The molecule has 6 nitrogen and oxygen atoms in total. The van der Waals surface area contributed by atoms with Crippen LogP contribution in [0.15, 0.2) is 18.9 Å². The minimum Gasteiger partial charge on any atom is -0.480 e. The maximum atomic E-state index is 11.5. The number of rotatable bonds is 6. The number of aromatic nitrogens is 2. The van der Waals surface area contributed by atoms with Gasteiger partial charge in [0.1, 0.15) is 6.04 Å². The predicted molar refractivity (Wildman–Crippen MR) is 58.2 cm³/mol. The highest BCUT2D eigenvalue weighted by Crippen LogP contribution is 2.01. The molecule has 1 rings (SSSR count). The van der Waals surface area contributed by atoms with Crippen LogP contribution in [-0.4, -0.2) is 31.8 Å². The molecule has 1 heterocycles. The standard InChI is InChI=1S/C9H11N3O3S/c1-2-3-4-6(9(14)15)11-8(13)7-5-10-16-12-7/h2,5-6H,1,3-4H2,(H,11,13)(H,14,15). The summed E-state index contributed by atoms with van der Waals surface area (Å²) in [6.45, 7) is 3.49. The van der Waals surface area contributed by atoms with Crippen molar-refractivity contribution in [2.75, 3.05) is 0 Å². The van der Waals surface area contributed by atoms with Crippen LogP contribution >= 0.6 is 11.7 Å². The van der Waals surface area contributed by atoms with E-state index in [9.17, 15) is 9.59 Å². The fraction of sp³-hybridized carbons (Fsp3) is 0.333. The minimum atomic E-state index is -1.07. The molecule has 0 aliphatic rings. The molecule has 1 aromatic heterocycles. The minimum absolute atomic E-state index is 0.134. The maximum Gasteiger partial charge on any atom is 0.326 e. The van der Waals surface area contributed by atoms with E-state index in [1.807, 2.05) is 0 Å². The van der Waals surface area contributed by atoms with Crippen LogP contribution in [0.1, 0.15) is 23.3 Å². The number of hydrogen-bond donors (Lipinski definition) is 2. The van der Waals surface area contributed by atoms with Crippen LogP contribution in [0.5, 0.6) is 0 Å². The molecular weight excluding hydrogens is 230 g/mol. The van der Waals surface area contributed by atoms with Gasteiger partial charge in [-0.3, -0.25) is 4.79 Å². The molecular formula is C9H11N3O3S. The van der Waals surface area contributed by atoms with Crippen molar-refractivity contribution in [2.45, 2.75) is 18.9 Å². The molecule has 0 bridgehead atoms. The summed E-state index contributed by atoms with van der Waals surface area (Å²) in [5, 5.41) is 11.2. The zero-order valence-corrected chi connectivity index (χ0v) is 9.24. The van der Waals surface area contributed by atoms with E-state index in [-0.39, 0.29) is 5.69 Å². The van der Waals surface area contributed by atoms with E-state index in [0.29, 0.717) is 12.8 Å². The van der Waals surface area contributed by atoms with Crippen molar-refractivity contribution in [1.29, 1.82) is 0 Å². The van der Waals surface area contributed by atoms with Crippen LogP contribution in [0.25, 0.3) is 0 Å². The zero-order valence-electron chi connectivity index (χ0n) is 8.42. The molecule has 1 unspecified atom stereocenters. The van der Waals surface area contributed by atoms with Gasteiger partial charge in [0.05, 0.1) is 17.9 Å². The third kappa shape index (κ3) is 3.43. The van der Waals surface area contributed by atoms with Crippen molar-refractivity contribution in [3.05, 3.63) is 24.5 Å². The van der Waals surface area contributed by atoms with E-state index in [2.05, 4.69) is 20.6 Å². The second kappa shape index (κ2) is 5.96. The van der Waals surface area contributed by atoms with Crippen LogP contribution in [-0.2, 0) is 4.79 Å². The first kappa shape index (κ1) is 12.3. The number of aliphatic carboxylic acids is 1. The van der Waals surface area contributed by atoms with Gasteiger partial charge < -0.3 is 10.4 Å². The Labute approximate surface area is 96.3 Å². The quantitative estimate of drug-likeness (QED) is 0.715. The average Bonchev–Trinajstić information content (AvgIpc) is 2.76. The number of amides is 1. The highest BCUT2D eigenvalue weighted by molar-refractivity contribution is 6.99. The SMILES string of the molecule is C=CCCC(NC(=O)c1cnsn1)C(=O)O. The summed E-state index contributed by atoms with van der Waals surface area (Å²) in [4.78, 5) is 22.3. The number of nitrogens with zero attached hydrogens (tertiary/aromatic N) is 2. The van der Waals surface area contributed by atoms with Gasteiger partial charge in [-0.1, -0.05) is 6.08 Å². The van der Waals surface area contributed by atoms with Crippen LogP contribution < -0.4 is 5.32 Å². The number of carbonyl (C=O) groups excluding carboxylic acids is 1. The Balaban J connectivity index is 2.58. The maximum absolute atomic E-state index is 11.5. The Bertz CT molecular complexity index is 377. The average molecular weight is 241 g/mol. The van der Waals surface area contributed by atoms with Gasteiger partial charge in [-0.15, -0.1) is 6.58 Å². The molecule has 0 fully saturated rings. The molecule has 0 spiro atoms. The van der Waals surface area contributed by atoms with Crippen LogP contribution in [0.4, 0.5) is 0 Å². The molecule has 16 heavy (non-hydrogen) atoms. The zero-order chi connectivity index (χ0) is 12.0. The van der Waals surface area contributed by atoms with Crippen molar-refractivity contribution in [1.82, 2.24) is 14.1 Å². The summed E-state index contributed by atoms with van der Waals surface area (Å²) in [5.74, 6) is -1.59. The summed E-state index contributed by atoms with van der Waals surface area (Å²) in [6, 6.07) is -0.924. The van der Waals surface area contributed by atoms with Gasteiger partial charge in [0, 0.05) is 0 Å². The van der Waals surface area contributed by atoms with E-state index in [1.165, 1.54) is 6.20 Å². The molecule has 1 aromatic rings. The van der Waals surface area contributed by atoms with Gasteiger partial charge in [0.2, 0.25) is 0 Å². The molecule has 0 aliphatic heterocycles. The van der Waals surface area contributed by atoms with Crippen LogP contribution in [0, 0.1) is 0 Å². The monoisotopic (exact) mass is 241 g/mol. The lowest BCUT2D eigenvalue weighted by Gasteiger charge is -2.11. The van der Waals surface area contributed by atoms with Crippen molar-refractivity contribution in [3.63, 3.8) is 0 Å². The fourth-order valence-corrected chi connectivity index (χ4v) is 1.45. The molecule has 1 atom stereocenters. The number of carbonyl (C=O) groups is 2. The lowest BCUT2D eigenvalue weighted by molar-refractivity contribution is -0.139. The summed E-state index contributed by atoms with van der Waals surface area (Å²) in [6.07, 6.45) is 3.73. The van der Waals surface area contributed by atoms with E-state index in [4.69, 9.17) is 5.11 Å². The number of nitrogens with one attached hydrogen (secondary N) is 1. The van der Waals surface area contributed by atoms with Crippen molar-refractivity contribution in [3.8, 4) is 0 Å². The van der Waals surface area contributed by atoms with E-state index < -0.39 is 17.9 Å². The Morgan fingerprint density at radius 2 is 2.44 bits per heavy atom. The van der Waals surface area contributed by atoms with Gasteiger partial charge in [-0.25, -0.2) is 4.79 Å². The number of hydrogen-bond acceptors (Lipinski definition) is 5. The topological polar surface area (TPSA) is 92.2 Å². The first-order chi connectivity index (χ1) is 7.65. The molecule has 0 aliphatic carbocycles. The first-order valence-corrected chi connectivity index (χ1v) is 5.30. The summed E-state index contributed by atoms with van der Waals surface area (Å²) < 4.78 is 7.38. The fourth-order valence-electron chi connectivity index (χ4n) is 1.04. The Hall–Kier alpha value is -1.76. The van der Waals surface area contributed by atoms with Crippen molar-refractivity contribution < 1.29 is 14.7 Å². The molecule has 2 N–H and O–H groups in total. The number of allylic oxidation sites excluding steroid dienone is 1. The highest BCUT2D eigenvalue weighted by Gasteiger charge is 2.20. The van der Waals surface area contributed by atoms with Crippen molar-refractivity contribution >= 4 is 23.6 Å². The second-order valence-corrected chi connectivity index (χ2v) is 3.58. The van der Waals surface area contributed by atoms with Gasteiger partial charge in [0.15, 0.2) is 5.69 Å². The van der Waals surface area contributed by atoms with E-state index in [0.717, 1.165) is 11.7 Å². The highest BCUT2D eigenvalue weighted by atomic mass is 32.1. The molecule has 86 valence electrons. The Morgan fingerprint density at radius 3 is 2.94 bits per heavy atom. The molecule has 0 saturated heterocycles. The lowest BCUT2D eigenvalue weighted by Crippen LogP contribution is -2.40. The van der Waals surface area contributed by atoms with Crippen LogP contribution in [0.3, 0.4) is 0 Å². The number of carboxylic acids is 1. The largest absolute Gasteiger partial charge is 0.480 e. The first-order valence-electron chi connectivity index (χ1n) is 4.57. The summed E-state index contributed by atoms with van der Waals surface area (Å²) in [7, 11) is 0. The Kier molecular flexibility index (Phi) is 4.59. The Morgan fingerprint density at radius 1 is 1.69 bits per heavy atom. The lowest BCUT2D eigenvalue weighted by atomic mass is 10.1. The molecule has 1 amide bonds. The molecule has 0 saturated carbocycles. The third-order valence-electron chi connectivity index (χ3n) is 1.86. The smallest absolute Gasteiger partial charge is 0.326 e. The third-order valence-corrected chi connectivity index (χ3v) is 2.33. The molecule has 0 aromatic carbocycles. The van der Waals surface area contributed by atoms with Gasteiger partial charge in [-0.05, 0) is 12.8 Å². The predicted octanol–water partition coefficient (Wildman–Crippen LogP) is 0.687. The van der Waals surface area contributed by atoms with Gasteiger partial charge >= 0.3 is 5.97 Å². The van der Waals surface area contributed by atoms with E-state index in [1.54, 1.807) is 6.08 Å². The van der Waals surface area contributed by atoms with Crippen LogP contribution in [0.2, 0.25) is 0 Å². The molecule has 7 heteroatoms. The number of carboxylic acid groups (broad SMARTS) is 1. The van der Waals surface area contributed by atoms with Gasteiger partial charge in [-0.2, -0.15) is 8.75 Å². The molecule has 0 radical (unpaired) electrons. The normalized spacial score (nSPS) is 11.8. The summed E-state index contributed by atoms with van der Waals surface area (Å²) in [5.41, 5.74) is 0.134. The van der Waals surface area contributed by atoms with E-state index >= 15 is 0 Å². The van der Waals surface area contributed by atoms with Crippen molar-refractivity contribution in [2.24, 2.45) is 0 Å². The second-order valence-electron chi connectivity index (χ2n) is 3.02. The summed E-state index contributed by atoms with van der Waals surface area (Å²) >= 11 is 0.897.